The number of pyridine rings is 2. The summed E-state index contributed by atoms with van der Waals surface area (Å²) in [6.07, 6.45) is 7.73. The molecule has 0 aromatic carbocycles. The fourth-order valence-electron chi connectivity index (χ4n) is 4.76. The van der Waals surface area contributed by atoms with Crippen LogP contribution in [0.5, 0.6) is 11.8 Å². The Bertz CT molecular complexity index is 1390. The molecule has 0 spiro atoms. The van der Waals surface area contributed by atoms with Gasteiger partial charge in [0.1, 0.15) is 11.9 Å². The van der Waals surface area contributed by atoms with E-state index in [4.69, 9.17) is 19.2 Å². The van der Waals surface area contributed by atoms with Crippen molar-refractivity contribution in [1.82, 2.24) is 19.9 Å². The van der Waals surface area contributed by atoms with Crippen molar-refractivity contribution in [2.24, 2.45) is 0 Å². The number of hydrogen-bond donors (Lipinski definition) is 2. The molecule has 5 rings (SSSR count). The van der Waals surface area contributed by atoms with E-state index < -0.39 is 10.0 Å². The molecule has 204 valence electrons. The predicted molar refractivity (Wildman–Crippen MR) is 145 cm³/mol. The van der Waals surface area contributed by atoms with Gasteiger partial charge in [0.2, 0.25) is 27.7 Å². The lowest BCUT2D eigenvalue weighted by atomic mass is 9.93. The maximum Gasteiger partial charge on any atom is 0.229 e. The van der Waals surface area contributed by atoms with E-state index in [1.165, 1.54) is 6.20 Å². The molecule has 3 aromatic rings. The van der Waals surface area contributed by atoms with Crippen molar-refractivity contribution in [3.63, 3.8) is 0 Å². The summed E-state index contributed by atoms with van der Waals surface area (Å²) >= 11 is 0. The monoisotopic (exact) mass is 543 g/mol. The van der Waals surface area contributed by atoms with E-state index in [1.807, 2.05) is 13.0 Å². The molecule has 2 N–H and O–H groups in total. The van der Waals surface area contributed by atoms with E-state index in [2.05, 4.69) is 29.9 Å². The topological polar surface area (TPSA) is 141 Å². The third-order valence-electron chi connectivity index (χ3n) is 6.67. The van der Waals surface area contributed by atoms with Crippen LogP contribution in [-0.2, 0) is 14.8 Å². The van der Waals surface area contributed by atoms with E-state index in [1.54, 1.807) is 19.4 Å². The summed E-state index contributed by atoms with van der Waals surface area (Å²) < 4.78 is 43.3. The summed E-state index contributed by atoms with van der Waals surface area (Å²) in [5, 5.41) is 4.07. The van der Waals surface area contributed by atoms with E-state index in [9.17, 15) is 8.42 Å². The van der Waals surface area contributed by atoms with Crippen LogP contribution in [0.3, 0.4) is 0 Å². The van der Waals surface area contributed by atoms with Crippen molar-refractivity contribution in [2.75, 3.05) is 54.6 Å². The summed E-state index contributed by atoms with van der Waals surface area (Å²) in [5.74, 6) is 2.35. The summed E-state index contributed by atoms with van der Waals surface area (Å²) in [7, 11) is -1.85. The number of methoxy groups -OCH3 is 1. The molecule has 1 saturated heterocycles. The lowest BCUT2D eigenvalue weighted by molar-refractivity contribution is 0.122. The van der Waals surface area contributed by atoms with Gasteiger partial charge in [0.05, 0.1) is 49.4 Å². The Balaban J connectivity index is 1.33. The van der Waals surface area contributed by atoms with Gasteiger partial charge in [0, 0.05) is 37.0 Å². The van der Waals surface area contributed by atoms with E-state index in [0.717, 1.165) is 56.4 Å². The van der Waals surface area contributed by atoms with Gasteiger partial charge in [-0.15, -0.1) is 0 Å². The van der Waals surface area contributed by atoms with Crippen molar-refractivity contribution < 1.29 is 22.6 Å². The van der Waals surface area contributed by atoms with Crippen molar-refractivity contribution in [3.8, 4) is 11.8 Å². The number of ether oxygens (including phenoxy) is 3. The number of aromatic nitrogens is 4. The average Bonchev–Trinajstić information content (AvgIpc) is 2.90. The Kier molecular flexibility index (Phi) is 7.65. The maximum absolute atomic E-state index is 11.8. The number of sulfonamides is 1. The molecule has 2 fully saturated rings. The van der Waals surface area contributed by atoms with Gasteiger partial charge in [-0.1, -0.05) is 0 Å². The van der Waals surface area contributed by atoms with Gasteiger partial charge in [-0.25, -0.2) is 13.4 Å². The van der Waals surface area contributed by atoms with E-state index in [-0.39, 0.29) is 12.1 Å². The fourth-order valence-corrected chi connectivity index (χ4v) is 5.30. The number of anilines is 3. The minimum Gasteiger partial charge on any atom is -0.481 e. The minimum atomic E-state index is -3.45. The summed E-state index contributed by atoms with van der Waals surface area (Å²) in [6.45, 7) is 4.64. The third-order valence-corrected chi connectivity index (χ3v) is 7.28. The molecule has 0 bridgehead atoms. The van der Waals surface area contributed by atoms with Crippen LogP contribution in [0.15, 0.2) is 24.5 Å². The zero-order chi connectivity index (χ0) is 26.7. The van der Waals surface area contributed by atoms with Crippen molar-refractivity contribution >= 4 is 38.4 Å². The molecular weight excluding hydrogens is 510 g/mol. The number of morpholine rings is 1. The summed E-state index contributed by atoms with van der Waals surface area (Å²) in [6, 6.07) is 3.86. The standard InChI is InChI=1S/C25H33N7O5S/c1-16-14-27-25(30-23(16)35-2)28-17-4-6-19(7-5-17)37-24-20-12-18(31-38(3,33)34)15-26-21(20)13-22(29-24)32-8-10-36-11-9-32/h12-15,17,19,31H,4-11H2,1-3H3,(H,27,28,30). The van der Waals surface area contributed by atoms with Gasteiger partial charge in [-0.3, -0.25) is 9.71 Å². The number of nitrogens with one attached hydrogen (secondary N) is 2. The number of fused-ring (bicyclic) bond motifs is 1. The highest BCUT2D eigenvalue weighted by molar-refractivity contribution is 7.92. The number of rotatable bonds is 8. The zero-order valence-corrected chi connectivity index (χ0v) is 22.6. The number of hydrogen-bond acceptors (Lipinski definition) is 11. The van der Waals surface area contributed by atoms with Gasteiger partial charge < -0.3 is 24.4 Å². The van der Waals surface area contributed by atoms with Gasteiger partial charge in [0.25, 0.3) is 0 Å². The Morgan fingerprint density at radius 1 is 1.03 bits per heavy atom. The zero-order valence-electron chi connectivity index (χ0n) is 21.8. The minimum absolute atomic E-state index is 0.0383. The lowest BCUT2D eigenvalue weighted by Crippen LogP contribution is -2.37. The van der Waals surface area contributed by atoms with Crippen LogP contribution in [0, 0.1) is 6.92 Å². The second-order valence-corrected chi connectivity index (χ2v) is 11.4. The molecular formula is C25H33N7O5S. The van der Waals surface area contributed by atoms with E-state index in [0.29, 0.717) is 47.5 Å². The smallest absolute Gasteiger partial charge is 0.229 e. The summed E-state index contributed by atoms with van der Waals surface area (Å²) in [4.78, 5) is 20.3. The highest BCUT2D eigenvalue weighted by atomic mass is 32.2. The second kappa shape index (κ2) is 11.1. The molecule has 0 radical (unpaired) electrons. The fraction of sp³-hybridized carbons (Fsp3) is 0.520. The molecule has 0 unspecified atom stereocenters. The molecule has 1 aliphatic carbocycles. The first-order valence-electron chi connectivity index (χ1n) is 12.7. The molecule has 13 heteroatoms. The molecule has 38 heavy (non-hydrogen) atoms. The van der Waals surface area contributed by atoms with Crippen LogP contribution in [-0.4, -0.2) is 80.2 Å². The van der Waals surface area contributed by atoms with Crippen LogP contribution in [0.4, 0.5) is 17.5 Å². The third kappa shape index (κ3) is 6.33. The van der Waals surface area contributed by atoms with Crippen molar-refractivity contribution in [1.29, 1.82) is 0 Å². The first-order chi connectivity index (χ1) is 18.3. The van der Waals surface area contributed by atoms with Crippen molar-refractivity contribution in [3.05, 3.63) is 30.1 Å². The van der Waals surface area contributed by atoms with Crippen LogP contribution >= 0.6 is 0 Å². The van der Waals surface area contributed by atoms with Crippen LogP contribution in [0.2, 0.25) is 0 Å². The molecule has 4 heterocycles. The van der Waals surface area contributed by atoms with Crippen LogP contribution in [0.25, 0.3) is 10.9 Å². The first-order valence-corrected chi connectivity index (χ1v) is 14.6. The Hall–Kier alpha value is -3.45. The molecule has 3 aromatic heterocycles. The predicted octanol–water partition coefficient (Wildman–Crippen LogP) is 2.75. The molecule has 12 nitrogen and oxygen atoms in total. The normalized spacial score (nSPS) is 20.2. The highest BCUT2D eigenvalue weighted by Gasteiger charge is 2.25. The second-order valence-electron chi connectivity index (χ2n) is 9.67. The number of aryl methyl sites for hydroxylation is 1. The summed E-state index contributed by atoms with van der Waals surface area (Å²) in [5.41, 5.74) is 1.95. The average molecular weight is 544 g/mol. The van der Waals surface area contributed by atoms with Gasteiger partial charge in [0.15, 0.2) is 0 Å². The van der Waals surface area contributed by atoms with Crippen molar-refractivity contribution in [2.45, 2.75) is 44.8 Å². The first kappa shape index (κ1) is 26.2. The molecule has 0 amide bonds. The van der Waals surface area contributed by atoms with E-state index >= 15 is 0 Å². The Morgan fingerprint density at radius 2 is 1.79 bits per heavy atom. The van der Waals surface area contributed by atoms with Crippen LogP contribution < -0.4 is 24.4 Å². The number of nitrogens with zero attached hydrogens (tertiary/aromatic N) is 5. The highest BCUT2D eigenvalue weighted by Crippen LogP contribution is 2.33. The Morgan fingerprint density at radius 3 is 2.50 bits per heavy atom. The van der Waals surface area contributed by atoms with Gasteiger partial charge in [-0.05, 0) is 38.7 Å². The van der Waals surface area contributed by atoms with Crippen LogP contribution in [0.1, 0.15) is 31.2 Å². The quantitative estimate of drug-likeness (QED) is 0.433. The molecule has 2 aliphatic rings. The Labute approximate surface area is 222 Å². The molecule has 0 atom stereocenters. The van der Waals surface area contributed by atoms with Gasteiger partial charge in [-0.2, -0.15) is 9.97 Å². The maximum atomic E-state index is 11.8. The largest absolute Gasteiger partial charge is 0.481 e. The molecule has 1 aliphatic heterocycles. The van der Waals surface area contributed by atoms with Gasteiger partial charge >= 0.3 is 0 Å². The lowest BCUT2D eigenvalue weighted by Gasteiger charge is -2.31. The molecule has 1 saturated carbocycles. The SMILES string of the molecule is COc1nc(NC2CCC(Oc3nc(N4CCOCC4)cc4ncc(NS(C)(=O)=O)cc34)CC2)ncc1C.